The summed E-state index contributed by atoms with van der Waals surface area (Å²) in [6.45, 7) is 3.76. The van der Waals surface area contributed by atoms with E-state index in [9.17, 15) is 0 Å². The number of hydrogen-bond acceptors (Lipinski definition) is 5. The minimum absolute atomic E-state index is 0.678. The largest absolute Gasteiger partial charge is 0.323 e. The lowest BCUT2D eigenvalue weighted by Crippen LogP contribution is -2.06. The molecule has 0 spiro atoms. The lowest BCUT2D eigenvalue weighted by molar-refractivity contribution is 0.626. The minimum atomic E-state index is 0.678. The van der Waals surface area contributed by atoms with Gasteiger partial charge in [0.15, 0.2) is 11.0 Å². The number of rotatable bonds is 8. The maximum absolute atomic E-state index is 6.25. The van der Waals surface area contributed by atoms with Crippen LogP contribution in [0.25, 0.3) is 22.4 Å². The number of benzene rings is 2. The molecule has 166 valence electrons. The van der Waals surface area contributed by atoms with Crippen LogP contribution < -0.4 is 0 Å². The monoisotopic (exact) mass is 474 g/mol. The summed E-state index contributed by atoms with van der Waals surface area (Å²) >= 11 is 7.91. The maximum Gasteiger partial charge on any atom is 0.191 e. The van der Waals surface area contributed by atoms with Crippen LogP contribution in [-0.4, -0.2) is 29.3 Å². The fourth-order valence-electron chi connectivity index (χ4n) is 3.87. The van der Waals surface area contributed by atoms with Gasteiger partial charge in [-0.2, -0.15) is 0 Å². The molecular formula is C25H23ClN6S. The van der Waals surface area contributed by atoms with Crippen molar-refractivity contribution >= 4 is 34.4 Å². The summed E-state index contributed by atoms with van der Waals surface area (Å²) in [5.74, 6) is 2.53. The first-order valence-corrected chi connectivity index (χ1v) is 12.2. The highest BCUT2D eigenvalue weighted by Crippen LogP contribution is 2.29. The van der Waals surface area contributed by atoms with Crippen molar-refractivity contribution in [3.05, 3.63) is 89.5 Å². The zero-order valence-corrected chi connectivity index (χ0v) is 19.8. The topological polar surface area (TPSA) is 61.4 Å². The van der Waals surface area contributed by atoms with Crippen LogP contribution in [0.4, 0.5) is 0 Å². The highest BCUT2D eigenvalue weighted by molar-refractivity contribution is 7.98. The van der Waals surface area contributed by atoms with Crippen molar-refractivity contribution in [2.24, 2.45) is 0 Å². The molecule has 0 amide bonds. The highest BCUT2D eigenvalue weighted by atomic mass is 35.5. The van der Waals surface area contributed by atoms with Gasteiger partial charge in [-0.1, -0.05) is 60.6 Å². The molecule has 33 heavy (non-hydrogen) atoms. The van der Waals surface area contributed by atoms with E-state index in [2.05, 4.69) is 55.5 Å². The summed E-state index contributed by atoms with van der Waals surface area (Å²) in [5.41, 5.74) is 4.23. The molecule has 6 nitrogen and oxygen atoms in total. The van der Waals surface area contributed by atoms with Gasteiger partial charge >= 0.3 is 0 Å². The number of thioether (sulfide) groups is 1. The second-order valence-electron chi connectivity index (χ2n) is 7.72. The van der Waals surface area contributed by atoms with E-state index in [1.807, 2.05) is 36.4 Å². The van der Waals surface area contributed by atoms with Gasteiger partial charge < -0.3 is 9.13 Å². The molecule has 0 aliphatic carbocycles. The van der Waals surface area contributed by atoms with Gasteiger partial charge in [0.2, 0.25) is 0 Å². The van der Waals surface area contributed by atoms with Crippen LogP contribution in [0.15, 0.2) is 78.2 Å². The Bertz CT molecular complexity index is 1360. The number of hydrogen-bond donors (Lipinski definition) is 0. The normalized spacial score (nSPS) is 11.3. The first-order chi connectivity index (χ1) is 16.2. The average molecular weight is 475 g/mol. The van der Waals surface area contributed by atoms with E-state index in [1.165, 1.54) is 5.56 Å². The molecule has 0 aliphatic heterocycles. The molecule has 8 heteroatoms. The Morgan fingerprint density at radius 3 is 2.55 bits per heavy atom. The van der Waals surface area contributed by atoms with E-state index in [1.54, 1.807) is 24.2 Å². The molecule has 0 atom stereocenters. The summed E-state index contributed by atoms with van der Waals surface area (Å²) in [6, 6.07) is 20.3. The molecule has 3 aromatic heterocycles. The minimum Gasteiger partial charge on any atom is -0.323 e. The third-order valence-corrected chi connectivity index (χ3v) is 6.60. The van der Waals surface area contributed by atoms with Crippen LogP contribution in [0.5, 0.6) is 0 Å². The SMILES string of the molecule is CCCn1c(SCc2nc3cc(Cl)ccc3n2Cc2ccccc2)nnc1-c1ccncc1. The first kappa shape index (κ1) is 21.7. The standard InChI is InChI=1S/C25H23ClN6S/c1-2-14-31-24(19-10-12-27-13-11-19)29-30-25(31)33-17-23-28-21-15-20(26)8-9-22(21)32(23)16-18-6-4-3-5-7-18/h3-13,15H,2,14,16-17H2,1H3. The average Bonchev–Trinajstić information content (AvgIpc) is 3.40. The van der Waals surface area contributed by atoms with E-state index in [0.717, 1.165) is 52.9 Å². The van der Waals surface area contributed by atoms with E-state index in [4.69, 9.17) is 16.6 Å². The Morgan fingerprint density at radius 2 is 1.76 bits per heavy atom. The van der Waals surface area contributed by atoms with Crippen LogP contribution in [-0.2, 0) is 18.8 Å². The van der Waals surface area contributed by atoms with Gasteiger partial charge in [0.05, 0.1) is 16.8 Å². The van der Waals surface area contributed by atoms with E-state index >= 15 is 0 Å². The Morgan fingerprint density at radius 1 is 0.939 bits per heavy atom. The highest BCUT2D eigenvalue weighted by Gasteiger charge is 2.17. The number of nitrogens with zero attached hydrogens (tertiary/aromatic N) is 6. The summed E-state index contributed by atoms with van der Waals surface area (Å²) in [4.78, 5) is 9.03. The van der Waals surface area contributed by atoms with Crippen molar-refractivity contribution in [3.8, 4) is 11.4 Å². The molecule has 5 rings (SSSR count). The van der Waals surface area contributed by atoms with Gasteiger partial charge in [0.1, 0.15) is 5.82 Å². The molecule has 0 radical (unpaired) electrons. The Hall–Kier alpha value is -3.16. The van der Waals surface area contributed by atoms with Crippen molar-refractivity contribution in [1.82, 2.24) is 29.3 Å². The predicted octanol–water partition coefficient (Wildman–Crippen LogP) is 6.09. The van der Waals surface area contributed by atoms with Gasteiger partial charge in [0.25, 0.3) is 0 Å². The molecule has 0 N–H and O–H groups in total. The molecule has 5 aromatic rings. The van der Waals surface area contributed by atoms with Crippen LogP contribution in [0, 0.1) is 0 Å². The second-order valence-corrected chi connectivity index (χ2v) is 9.09. The molecule has 0 unspecified atom stereocenters. The molecule has 0 bridgehead atoms. The van der Waals surface area contributed by atoms with E-state index in [-0.39, 0.29) is 0 Å². The predicted molar refractivity (Wildman–Crippen MR) is 133 cm³/mol. The molecule has 0 saturated carbocycles. The van der Waals surface area contributed by atoms with Gasteiger partial charge in [-0.15, -0.1) is 10.2 Å². The molecule has 3 heterocycles. The fourth-order valence-corrected chi connectivity index (χ4v) is 4.95. The van der Waals surface area contributed by atoms with Gasteiger partial charge in [-0.05, 0) is 42.3 Å². The van der Waals surface area contributed by atoms with E-state index < -0.39 is 0 Å². The Labute approximate surface area is 201 Å². The second kappa shape index (κ2) is 9.77. The van der Waals surface area contributed by atoms with Crippen LogP contribution in [0.2, 0.25) is 5.02 Å². The quantitative estimate of drug-likeness (QED) is 0.254. The lowest BCUT2D eigenvalue weighted by atomic mass is 10.2. The van der Waals surface area contributed by atoms with Crippen molar-refractivity contribution in [2.75, 3.05) is 0 Å². The number of aromatic nitrogens is 6. The number of fused-ring (bicyclic) bond motifs is 1. The smallest absolute Gasteiger partial charge is 0.191 e. The summed E-state index contributed by atoms with van der Waals surface area (Å²) in [7, 11) is 0. The zero-order valence-electron chi connectivity index (χ0n) is 18.2. The molecular weight excluding hydrogens is 452 g/mol. The third kappa shape index (κ3) is 4.65. The maximum atomic E-state index is 6.25. The van der Waals surface area contributed by atoms with Crippen LogP contribution >= 0.6 is 23.4 Å². The molecule has 2 aromatic carbocycles. The van der Waals surface area contributed by atoms with Gasteiger partial charge in [0, 0.05) is 36.1 Å². The van der Waals surface area contributed by atoms with Crippen LogP contribution in [0.3, 0.4) is 0 Å². The molecule has 0 aliphatic rings. The van der Waals surface area contributed by atoms with Gasteiger partial charge in [-0.3, -0.25) is 4.98 Å². The number of imidazole rings is 1. The number of pyridine rings is 1. The van der Waals surface area contributed by atoms with E-state index in [0.29, 0.717) is 10.8 Å². The molecule has 0 saturated heterocycles. The van der Waals surface area contributed by atoms with Crippen molar-refractivity contribution in [1.29, 1.82) is 0 Å². The lowest BCUT2D eigenvalue weighted by Gasteiger charge is -2.11. The third-order valence-electron chi connectivity index (χ3n) is 5.41. The zero-order chi connectivity index (χ0) is 22.6. The Kier molecular flexibility index (Phi) is 6.41. The summed E-state index contributed by atoms with van der Waals surface area (Å²) in [6.07, 6.45) is 4.56. The Balaban J connectivity index is 1.47. The molecule has 0 fully saturated rings. The van der Waals surface area contributed by atoms with Gasteiger partial charge in [-0.25, -0.2) is 4.98 Å². The van der Waals surface area contributed by atoms with Crippen molar-refractivity contribution < 1.29 is 0 Å². The van der Waals surface area contributed by atoms with Crippen molar-refractivity contribution in [2.45, 2.75) is 37.3 Å². The van der Waals surface area contributed by atoms with Crippen molar-refractivity contribution in [3.63, 3.8) is 0 Å². The fraction of sp³-hybridized carbons (Fsp3) is 0.200. The number of halogens is 1. The summed E-state index contributed by atoms with van der Waals surface area (Å²) in [5, 5.41) is 10.6. The summed E-state index contributed by atoms with van der Waals surface area (Å²) < 4.78 is 4.44. The first-order valence-electron chi connectivity index (χ1n) is 10.9. The van der Waals surface area contributed by atoms with Crippen LogP contribution in [0.1, 0.15) is 24.7 Å².